The lowest BCUT2D eigenvalue weighted by molar-refractivity contribution is -0.146. The van der Waals surface area contributed by atoms with Gasteiger partial charge in [-0.05, 0) is 37.1 Å². The Balaban J connectivity index is 1.73. The molecule has 1 aromatic carbocycles. The third-order valence-electron chi connectivity index (χ3n) is 4.69. The predicted octanol–water partition coefficient (Wildman–Crippen LogP) is 3.60. The van der Waals surface area contributed by atoms with Gasteiger partial charge in [0.15, 0.2) is 0 Å². The number of benzene rings is 1. The van der Waals surface area contributed by atoms with E-state index in [0.717, 1.165) is 11.5 Å². The molecule has 6 heteroatoms. The van der Waals surface area contributed by atoms with Crippen LogP contribution in [-0.2, 0) is 9.59 Å². The second-order valence-electron chi connectivity index (χ2n) is 6.84. The van der Waals surface area contributed by atoms with Gasteiger partial charge in [-0.2, -0.15) is 0 Å². The number of carbonyl (C=O) groups excluding carboxylic acids is 1. The van der Waals surface area contributed by atoms with Crippen LogP contribution in [0.2, 0.25) is 0 Å². The van der Waals surface area contributed by atoms with Crippen LogP contribution < -0.4 is 5.32 Å². The lowest BCUT2D eigenvalue weighted by atomic mass is 9.82. The van der Waals surface area contributed by atoms with Crippen LogP contribution in [0.15, 0.2) is 48.8 Å². The van der Waals surface area contributed by atoms with Crippen molar-refractivity contribution < 1.29 is 14.7 Å². The molecular formula is C20H23N3O3. The van der Waals surface area contributed by atoms with Crippen LogP contribution in [-0.4, -0.2) is 26.5 Å². The molecule has 2 atom stereocenters. The summed E-state index contributed by atoms with van der Waals surface area (Å²) in [5, 5.41) is 12.2. The van der Waals surface area contributed by atoms with Crippen molar-refractivity contribution in [2.45, 2.75) is 32.6 Å². The van der Waals surface area contributed by atoms with Crippen molar-refractivity contribution >= 4 is 17.6 Å². The molecule has 0 unspecified atom stereocenters. The van der Waals surface area contributed by atoms with E-state index in [-0.39, 0.29) is 5.91 Å². The number of hydrogen-bond donors (Lipinski definition) is 2. The van der Waals surface area contributed by atoms with E-state index in [1.807, 2.05) is 47.2 Å². The van der Waals surface area contributed by atoms with Gasteiger partial charge in [-0.15, -0.1) is 0 Å². The average Bonchev–Trinajstić information content (AvgIpc) is 3.12. The first-order chi connectivity index (χ1) is 12.5. The quantitative estimate of drug-likeness (QED) is 0.805. The highest BCUT2D eigenvalue weighted by Crippen LogP contribution is 2.27. The summed E-state index contributed by atoms with van der Waals surface area (Å²) in [7, 11) is 0. The molecule has 1 heterocycles. The van der Waals surface area contributed by atoms with Crippen molar-refractivity contribution in [3.05, 3.63) is 54.6 Å². The molecule has 0 aliphatic heterocycles. The summed E-state index contributed by atoms with van der Waals surface area (Å²) in [6.07, 6.45) is 8.23. The number of nitrogens with one attached hydrogen (secondary N) is 1. The zero-order chi connectivity index (χ0) is 18.7. The summed E-state index contributed by atoms with van der Waals surface area (Å²) in [5.74, 6) is -1.11. The maximum absolute atomic E-state index is 12.5. The van der Waals surface area contributed by atoms with E-state index in [0.29, 0.717) is 24.4 Å². The fourth-order valence-electron chi connectivity index (χ4n) is 3.28. The Hall–Kier alpha value is -2.89. The number of amides is 1. The SMILES string of the molecule is CC(C)c1nccn1-c1ccc(NC(=O)[C@H]2CC=CC[C@H]2C(=O)O)cc1. The number of carbonyl (C=O) groups is 2. The molecule has 0 saturated heterocycles. The largest absolute Gasteiger partial charge is 0.481 e. The molecule has 1 amide bonds. The number of hydrogen-bond acceptors (Lipinski definition) is 3. The zero-order valence-corrected chi connectivity index (χ0v) is 14.9. The third-order valence-corrected chi connectivity index (χ3v) is 4.69. The number of imidazole rings is 1. The van der Waals surface area contributed by atoms with Crippen LogP contribution in [0.25, 0.3) is 5.69 Å². The highest BCUT2D eigenvalue weighted by Gasteiger charge is 2.33. The minimum atomic E-state index is -0.925. The Morgan fingerprint density at radius 3 is 2.42 bits per heavy atom. The molecule has 3 rings (SSSR count). The van der Waals surface area contributed by atoms with Crippen LogP contribution in [0, 0.1) is 11.8 Å². The van der Waals surface area contributed by atoms with Gasteiger partial charge in [0.05, 0.1) is 11.8 Å². The van der Waals surface area contributed by atoms with Crippen LogP contribution >= 0.6 is 0 Å². The molecule has 2 N–H and O–H groups in total. The second kappa shape index (κ2) is 7.56. The highest BCUT2D eigenvalue weighted by molar-refractivity contribution is 5.95. The van der Waals surface area contributed by atoms with Crippen molar-refractivity contribution in [1.29, 1.82) is 0 Å². The maximum atomic E-state index is 12.5. The van der Waals surface area contributed by atoms with E-state index in [2.05, 4.69) is 24.1 Å². The fourth-order valence-corrected chi connectivity index (χ4v) is 3.28. The summed E-state index contributed by atoms with van der Waals surface area (Å²) in [6.45, 7) is 4.18. The van der Waals surface area contributed by atoms with Gasteiger partial charge in [0.2, 0.25) is 5.91 Å². The molecule has 1 aliphatic carbocycles. The molecule has 1 aromatic heterocycles. The summed E-state index contributed by atoms with van der Waals surface area (Å²) in [4.78, 5) is 28.3. The molecule has 0 spiro atoms. The number of aromatic nitrogens is 2. The minimum Gasteiger partial charge on any atom is -0.481 e. The predicted molar refractivity (Wildman–Crippen MR) is 99.3 cm³/mol. The van der Waals surface area contributed by atoms with E-state index < -0.39 is 17.8 Å². The van der Waals surface area contributed by atoms with Crippen molar-refractivity contribution in [3.63, 3.8) is 0 Å². The van der Waals surface area contributed by atoms with Crippen LogP contribution in [0.3, 0.4) is 0 Å². The van der Waals surface area contributed by atoms with Gasteiger partial charge in [-0.25, -0.2) is 4.98 Å². The summed E-state index contributed by atoms with van der Waals surface area (Å²) >= 11 is 0. The molecule has 0 saturated carbocycles. The Labute approximate surface area is 152 Å². The van der Waals surface area contributed by atoms with Crippen LogP contribution in [0.4, 0.5) is 5.69 Å². The molecule has 1 aliphatic rings. The highest BCUT2D eigenvalue weighted by atomic mass is 16.4. The van der Waals surface area contributed by atoms with E-state index in [9.17, 15) is 14.7 Å². The van der Waals surface area contributed by atoms with Crippen molar-refractivity contribution in [1.82, 2.24) is 9.55 Å². The van der Waals surface area contributed by atoms with Gasteiger partial charge >= 0.3 is 5.97 Å². The summed E-state index contributed by atoms with van der Waals surface area (Å²) in [6, 6.07) is 7.48. The van der Waals surface area contributed by atoms with Gasteiger partial charge in [0.1, 0.15) is 5.82 Å². The molecule has 0 fully saturated rings. The number of carboxylic acid groups (broad SMARTS) is 1. The van der Waals surface area contributed by atoms with Gasteiger partial charge < -0.3 is 15.0 Å². The summed E-state index contributed by atoms with van der Waals surface area (Å²) < 4.78 is 2.02. The Bertz CT molecular complexity index is 821. The summed E-state index contributed by atoms with van der Waals surface area (Å²) in [5.41, 5.74) is 1.62. The third kappa shape index (κ3) is 3.69. The molecule has 136 valence electrons. The Morgan fingerprint density at radius 1 is 1.15 bits per heavy atom. The van der Waals surface area contributed by atoms with E-state index in [4.69, 9.17) is 0 Å². The van der Waals surface area contributed by atoms with Crippen molar-refractivity contribution in [2.24, 2.45) is 11.8 Å². The molecule has 2 aromatic rings. The van der Waals surface area contributed by atoms with E-state index >= 15 is 0 Å². The number of allylic oxidation sites excluding steroid dienone is 2. The first kappa shape index (κ1) is 17.9. The van der Waals surface area contributed by atoms with Gasteiger partial charge in [-0.1, -0.05) is 26.0 Å². The fraction of sp³-hybridized carbons (Fsp3) is 0.350. The van der Waals surface area contributed by atoms with Crippen molar-refractivity contribution in [2.75, 3.05) is 5.32 Å². The number of anilines is 1. The first-order valence-corrected chi connectivity index (χ1v) is 8.79. The smallest absolute Gasteiger partial charge is 0.307 e. The normalized spacial score (nSPS) is 19.5. The number of carboxylic acids is 1. The standard InChI is InChI=1S/C20H23N3O3/c1-13(2)18-21-11-12-23(18)15-9-7-14(8-10-15)22-19(24)16-5-3-4-6-17(16)20(25)26/h3-4,7-13,16-17H,5-6H2,1-2H3,(H,22,24)(H,25,26)/t16-,17+/m0/s1. The number of nitrogens with zero attached hydrogens (tertiary/aromatic N) is 2. The lowest BCUT2D eigenvalue weighted by Gasteiger charge is -2.24. The second-order valence-corrected chi connectivity index (χ2v) is 6.84. The van der Waals surface area contributed by atoms with E-state index in [1.165, 1.54) is 0 Å². The molecule has 6 nitrogen and oxygen atoms in total. The van der Waals surface area contributed by atoms with Gasteiger partial charge in [-0.3, -0.25) is 9.59 Å². The Morgan fingerprint density at radius 2 is 1.81 bits per heavy atom. The van der Waals surface area contributed by atoms with Crippen LogP contribution in [0.1, 0.15) is 38.4 Å². The molecule has 0 radical (unpaired) electrons. The van der Waals surface area contributed by atoms with Gasteiger partial charge in [0, 0.05) is 29.7 Å². The van der Waals surface area contributed by atoms with Crippen LogP contribution in [0.5, 0.6) is 0 Å². The lowest BCUT2D eigenvalue weighted by Crippen LogP contribution is -2.34. The van der Waals surface area contributed by atoms with Gasteiger partial charge in [0.25, 0.3) is 0 Å². The zero-order valence-electron chi connectivity index (χ0n) is 14.9. The molecule has 0 bridgehead atoms. The number of aliphatic carboxylic acids is 1. The number of rotatable bonds is 5. The molecule has 26 heavy (non-hydrogen) atoms. The minimum absolute atomic E-state index is 0.250. The van der Waals surface area contributed by atoms with E-state index in [1.54, 1.807) is 6.20 Å². The average molecular weight is 353 g/mol. The molecular weight excluding hydrogens is 330 g/mol. The van der Waals surface area contributed by atoms with Crippen molar-refractivity contribution in [3.8, 4) is 5.69 Å². The first-order valence-electron chi connectivity index (χ1n) is 8.79. The topological polar surface area (TPSA) is 84.2 Å². The maximum Gasteiger partial charge on any atom is 0.307 e. The monoisotopic (exact) mass is 353 g/mol. The Kier molecular flexibility index (Phi) is 5.21.